The lowest BCUT2D eigenvalue weighted by Gasteiger charge is -2.36. The van der Waals surface area contributed by atoms with E-state index in [1.165, 1.54) is 0 Å². The first-order valence-corrected chi connectivity index (χ1v) is 9.23. The normalized spacial score (nSPS) is 25.5. The van der Waals surface area contributed by atoms with E-state index in [1.807, 2.05) is 0 Å². The second-order valence-electron chi connectivity index (χ2n) is 6.19. The minimum absolute atomic E-state index is 0.0537. The summed E-state index contributed by atoms with van der Waals surface area (Å²) in [6.07, 6.45) is -1.78. The number of rotatable bonds is 15. The second kappa shape index (κ2) is 15.1. The van der Waals surface area contributed by atoms with Crippen molar-refractivity contribution in [3.05, 3.63) is 0 Å². The number of hydrogen-bond donors (Lipinski definition) is 4. The van der Waals surface area contributed by atoms with Crippen molar-refractivity contribution in [3.8, 4) is 0 Å². The standard InChI is InChI=1S/C17H33NO9/c1-23-12-25-9-8-24-7-5-18-15(21)4-2-3-6-26-16-10-13(20)17(22)14(11-19)27-16/h13-14,16-17,19-20,22H,2-12H2,1H3,(H,18,21). The van der Waals surface area contributed by atoms with Gasteiger partial charge in [-0.1, -0.05) is 0 Å². The molecule has 10 nitrogen and oxygen atoms in total. The van der Waals surface area contributed by atoms with Crippen molar-refractivity contribution in [1.82, 2.24) is 5.32 Å². The number of nitrogens with one attached hydrogen (secondary N) is 1. The Kier molecular flexibility index (Phi) is 13.5. The maximum Gasteiger partial charge on any atom is 0.220 e. The van der Waals surface area contributed by atoms with Crippen LogP contribution in [-0.2, 0) is 28.5 Å². The molecule has 0 saturated carbocycles. The van der Waals surface area contributed by atoms with E-state index < -0.39 is 24.6 Å². The van der Waals surface area contributed by atoms with Gasteiger partial charge in [0.25, 0.3) is 0 Å². The summed E-state index contributed by atoms with van der Waals surface area (Å²) in [7, 11) is 1.55. The van der Waals surface area contributed by atoms with E-state index >= 15 is 0 Å². The van der Waals surface area contributed by atoms with Crippen LogP contribution in [0, 0.1) is 0 Å². The molecule has 0 aromatic heterocycles. The first-order valence-electron chi connectivity index (χ1n) is 9.23. The van der Waals surface area contributed by atoms with Crippen LogP contribution in [0.1, 0.15) is 25.7 Å². The van der Waals surface area contributed by atoms with Crippen LogP contribution in [0.15, 0.2) is 0 Å². The van der Waals surface area contributed by atoms with Gasteiger partial charge in [0.2, 0.25) is 5.91 Å². The molecule has 1 fully saturated rings. The van der Waals surface area contributed by atoms with Gasteiger partial charge in [0.05, 0.1) is 32.5 Å². The molecule has 1 rings (SSSR count). The third-order valence-electron chi connectivity index (χ3n) is 3.96. The van der Waals surface area contributed by atoms with Crippen LogP contribution >= 0.6 is 0 Å². The van der Waals surface area contributed by atoms with E-state index in [0.29, 0.717) is 52.2 Å². The molecule has 4 atom stereocenters. The summed E-state index contributed by atoms with van der Waals surface area (Å²) in [5.74, 6) is -0.0537. The van der Waals surface area contributed by atoms with Gasteiger partial charge in [0, 0.05) is 33.1 Å². The highest BCUT2D eigenvalue weighted by Gasteiger charge is 2.36. The van der Waals surface area contributed by atoms with Gasteiger partial charge < -0.3 is 44.3 Å². The Bertz CT molecular complexity index is 385. The summed E-state index contributed by atoms with van der Waals surface area (Å²) in [5.41, 5.74) is 0. The number of aliphatic hydroxyl groups excluding tert-OH is 3. The second-order valence-corrected chi connectivity index (χ2v) is 6.19. The van der Waals surface area contributed by atoms with Crippen molar-refractivity contribution in [1.29, 1.82) is 0 Å². The summed E-state index contributed by atoms with van der Waals surface area (Å²) in [4.78, 5) is 11.7. The van der Waals surface area contributed by atoms with Gasteiger partial charge in [-0.25, -0.2) is 0 Å². The molecule has 1 amide bonds. The predicted octanol–water partition coefficient (Wildman–Crippen LogP) is -1.24. The fourth-order valence-electron chi connectivity index (χ4n) is 2.49. The summed E-state index contributed by atoms with van der Waals surface area (Å²) in [6, 6.07) is 0. The molecule has 0 radical (unpaired) electrons. The number of hydrogen-bond acceptors (Lipinski definition) is 9. The Morgan fingerprint density at radius 1 is 1.15 bits per heavy atom. The average molecular weight is 395 g/mol. The van der Waals surface area contributed by atoms with Crippen molar-refractivity contribution in [2.45, 2.75) is 50.3 Å². The van der Waals surface area contributed by atoms with Crippen LogP contribution in [0.3, 0.4) is 0 Å². The third-order valence-corrected chi connectivity index (χ3v) is 3.96. The van der Waals surface area contributed by atoms with E-state index in [0.717, 1.165) is 0 Å². The molecule has 1 aliphatic heterocycles. The van der Waals surface area contributed by atoms with Crippen molar-refractivity contribution in [2.75, 3.05) is 53.5 Å². The number of carbonyl (C=O) groups excluding carboxylic acids is 1. The topological polar surface area (TPSA) is 136 Å². The minimum atomic E-state index is -1.11. The summed E-state index contributed by atoms with van der Waals surface area (Å²) < 4.78 is 25.9. The molecule has 4 unspecified atom stereocenters. The average Bonchev–Trinajstić information content (AvgIpc) is 2.66. The molecule has 0 aromatic rings. The zero-order chi connectivity index (χ0) is 19.9. The Morgan fingerprint density at radius 3 is 2.67 bits per heavy atom. The molecule has 160 valence electrons. The number of ether oxygens (including phenoxy) is 5. The molecule has 0 aromatic carbocycles. The van der Waals surface area contributed by atoms with E-state index in [1.54, 1.807) is 7.11 Å². The highest BCUT2D eigenvalue weighted by molar-refractivity contribution is 5.75. The molecular weight excluding hydrogens is 362 g/mol. The Hall–Kier alpha value is -0.850. The van der Waals surface area contributed by atoms with Gasteiger partial charge in [0.15, 0.2) is 6.29 Å². The molecule has 1 saturated heterocycles. The fourth-order valence-corrected chi connectivity index (χ4v) is 2.49. The number of methoxy groups -OCH3 is 1. The third kappa shape index (κ3) is 10.9. The summed E-state index contributed by atoms with van der Waals surface area (Å²) in [6.45, 7) is 1.97. The van der Waals surface area contributed by atoms with E-state index in [2.05, 4.69) is 5.32 Å². The predicted molar refractivity (Wildman–Crippen MR) is 93.8 cm³/mol. The fraction of sp³-hybridized carbons (Fsp3) is 0.941. The van der Waals surface area contributed by atoms with Crippen molar-refractivity contribution >= 4 is 5.91 Å². The molecular formula is C17H33NO9. The van der Waals surface area contributed by atoms with Gasteiger partial charge >= 0.3 is 0 Å². The molecule has 27 heavy (non-hydrogen) atoms. The number of aliphatic hydroxyl groups is 3. The lowest BCUT2D eigenvalue weighted by molar-refractivity contribution is -0.256. The zero-order valence-electron chi connectivity index (χ0n) is 15.9. The van der Waals surface area contributed by atoms with Gasteiger partial charge in [-0.2, -0.15) is 0 Å². The SMILES string of the molecule is COCOCCOCCNC(=O)CCCCOC1CC(O)C(O)C(CO)O1. The molecule has 0 bridgehead atoms. The number of amides is 1. The Balaban J connectivity index is 1.95. The number of unbranched alkanes of at least 4 members (excludes halogenated alkanes) is 1. The summed E-state index contributed by atoms with van der Waals surface area (Å²) in [5, 5.41) is 31.2. The van der Waals surface area contributed by atoms with Gasteiger partial charge in [-0.15, -0.1) is 0 Å². The minimum Gasteiger partial charge on any atom is -0.394 e. The van der Waals surface area contributed by atoms with Crippen LogP contribution in [0.2, 0.25) is 0 Å². The largest absolute Gasteiger partial charge is 0.394 e. The lowest BCUT2D eigenvalue weighted by Crippen LogP contribution is -2.50. The van der Waals surface area contributed by atoms with E-state index in [4.69, 9.17) is 28.8 Å². The van der Waals surface area contributed by atoms with Crippen LogP contribution in [0.4, 0.5) is 0 Å². The van der Waals surface area contributed by atoms with Crippen LogP contribution < -0.4 is 5.32 Å². The summed E-state index contributed by atoms with van der Waals surface area (Å²) >= 11 is 0. The van der Waals surface area contributed by atoms with E-state index in [-0.39, 0.29) is 25.7 Å². The quantitative estimate of drug-likeness (QED) is 0.198. The van der Waals surface area contributed by atoms with Crippen molar-refractivity contribution in [3.63, 3.8) is 0 Å². The lowest BCUT2D eigenvalue weighted by atomic mass is 10.0. The maximum absolute atomic E-state index is 11.7. The first kappa shape index (κ1) is 24.2. The van der Waals surface area contributed by atoms with Gasteiger partial charge in [-0.3, -0.25) is 4.79 Å². The van der Waals surface area contributed by atoms with Crippen molar-refractivity contribution < 1.29 is 43.8 Å². The maximum atomic E-state index is 11.7. The van der Waals surface area contributed by atoms with Crippen LogP contribution in [0.25, 0.3) is 0 Å². The highest BCUT2D eigenvalue weighted by atomic mass is 16.7. The Morgan fingerprint density at radius 2 is 1.93 bits per heavy atom. The van der Waals surface area contributed by atoms with E-state index in [9.17, 15) is 15.0 Å². The molecule has 10 heteroatoms. The van der Waals surface area contributed by atoms with Crippen molar-refractivity contribution in [2.24, 2.45) is 0 Å². The molecule has 4 N–H and O–H groups in total. The monoisotopic (exact) mass is 395 g/mol. The molecule has 0 aliphatic carbocycles. The highest BCUT2D eigenvalue weighted by Crippen LogP contribution is 2.21. The van der Waals surface area contributed by atoms with Gasteiger partial charge in [-0.05, 0) is 12.8 Å². The van der Waals surface area contributed by atoms with Gasteiger partial charge in [0.1, 0.15) is 19.0 Å². The smallest absolute Gasteiger partial charge is 0.220 e. The van der Waals surface area contributed by atoms with Crippen LogP contribution in [-0.4, -0.2) is 99.3 Å². The Labute approximate surface area is 159 Å². The number of carbonyl (C=O) groups is 1. The molecule has 0 spiro atoms. The first-order chi connectivity index (χ1) is 13.1. The zero-order valence-corrected chi connectivity index (χ0v) is 15.9. The molecule has 1 aliphatic rings. The molecule has 1 heterocycles. The van der Waals surface area contributed by atoms with Crippen LogP contribution in [0.5, 0.6) is 0 Å².